The predicted molar refractivity (Wildman–Crippen MR) is 82.9 cm³/mol. The van der Waals surface area contributed by atoms with Crippen molar-refractivity contribution >= 4 is 23.4 Å². The minimum atomic E-state index is -0.797. The zero-order valence-corrected chi connectivity index (χ0v) is 12.1. The molecule has 0 saturated carbocycles. The molecule has 0 fully saturated rings. The molecule has 4 heteroatoms. The number of carboxylic acids is 1. The second-order valence-corrected chi connectivity index (χ2v) is 5.71. The van der Waals surface area contributed by atoms with Gasteiger partial charge in [-0.25, -0.2) is 0 Å². The number of rotatable bonds is 5. The van der Waals surface area contributed by atoms with Crippen LogP contribution >= 0.6 is 11.8 Å². The molecule has 2 rings (SSSR count). The number of anilines is 1. The van der Waals surface area contributed by atoms with Crippen LogP contribution in [0.3, 0.4) is 0 Å². The van der Waals surface area contributed by atoms with Gasteiger partial charge in [-0.2, -0.15) is 0 Å². The summed E-state index contributed by atoms with van der Waals surface area (Å²) in [6.07, 6.45) is 0. The van der Waals surface area contributed by atoms with Crippen LogP contribution in [0.5, 0.6) is 0 Å². The molecule has 2 aromatic carbocycles. The van der Waals surface area contributed by atoms with Gasteiger partial charge >= 0.3 is 5.97 Å². The minimum absolute atomic E-state index is 0.464. The largest absolute Gasteiger partial charge is 0.481 e. The molecule has 0 spiro atoms. The molecule has 0 radical (unpaired) electrons. The second-order valence-electron chi connectivity index (χ2n) is 4.66. The molecule has 0 aromatic heterocycles. The van der Waals surface area contributed by atoms with Gasteiger partial charge in [0, 0.05) is 16.3 Å². The van der Waals surface area contributed by atoms with Gasteiger partial charge in [-0.05, 0) is 42.3 Å². The zero-order valence-electron chi connectivity index (χ0n) is 11.2. The lowest BCUT2D eigenvalue weighted by atomic mass is 10.0. The summed E-state index contributed by atoms with van der Waals surface area (Å²) in [5.74, 6) is -0.408. The summed E-state index contributed by atoms with van der Waals surface area (Å²) in [5, 5.41) is 8.96. The average molecular weight is 287 g/mol. The molecule has 0 bridgehead atoms. The number of thioether (sulfide) groups is 1. The summed E-state index contributed by atoms with van der Waals surface area (Å²) in [4.78, 5) is 12.1. The Bertz CT molecular complexity index is 578. The molecule has 0 saturated heterocycles. The lowest BCUT2D eigenvalue weighted by molar-refractivity contribution is -0.138. The van der Waals surface area contributed by atoms with Gasteiger partial charge in [-0.15, -0.1) is 11.8 Å². The number of nitrogen functional groups attached to an aromatic ring is 1. The molecule has 3 nitrogen and oxygen atoms in total. The van der Waals surface area contributed by atoms with Crippen LogP contribution in [-0.2, 0) is 10.5 Å². The van der Waals surface area contributed by atoms with E-state index >= 15 is 0 Å². The summed E-state index contributed by atoms with van der Waals surface area (Å²) in [6, 6.07) is 15.5. The predicted octanol–water partition coefficient (Wildman–Crippen LogP) is 3.75. The van der Waals surface area contributed by atoms with Crippen LogP contribution in [0.4, 0.5) is 5.69 Å². The SMILES string of the molecule is CC(C(=O)O)c1ccc(CSc2ccc(N)cc2)cc1. The highest BCUT2D eigenvalue weighted by molar-refractivity contribution is 7.98. The Morgan fingerprint density at radius 3 is 2.30 bits per heavy atom. The Balaban J connectivity index is 1.97. The van der Waals surface area contributed by atoms with Crippen LogP contribution in [0.1, 0.15) is 24.0 Å². The van der Waals surface area contributed by atoms with Crippen molar-refractivity contribution in [3.8, 4) is 0 Å². The normalized spacial score (nSPS) is 12.1. The zero-order chi connectivity index (χ0) is 14.5. The molecule has 0 aliphatic carbocycles. The smallest absolute Gasteiger partial charge is 0.310 e. The topological polar surface area (TPSA) is 63.3 Å². The third-order valence-electron chi connectivity index (χ3n) is 3.14. The standard InChI is InChI=1S/C16H17NO2S/c1-11(16(18)19)13-4-2-12(3-5-13)10-20-15-8-6-14(17)7-9-15/h2-9,11H,10,17H2,1H3,(H,18,19). The highest BCUT2D eigenvalue weighted by Gasteiger charge is 2.12. The number of nitrogens with two attached hydrogens (primary N) is 1. The third-order valence-corrected chi connectivity index (χ3v) is 4.22. The average Bonchev–Trinajstić information content (AvgIpc) is 2.46. The Morgan fingerprint density at radius 1 is 1.15 bits per heavy atom. The van der Waals surface area contributed by atoms with Crippen molar-refractivity contribution in [1.82, 2.24) is 0 Å². The van der Waals surface area contributed by atoms with Crippen molar-refractivity contribution in [3.05, 3.63) is 59.7 Å². The van der Waals surface area contributed by atoms with E-state index in [1.54, 1.807) is 18.7 Å². The Morgan fingerprint density at radius 2 is 1.75 bits per heavy atom. The van der Waals surface area contributed by atoms with Crippen molar-refractivity contribution in [1.29, 1.82) is 0 Å². The summed E-state index contributed by atoms with van der Waals surface area (Å²) in [7, 11) is 0. The number of benzene rings is 2. The van der Waals surface area contributed by atoms with Gasteiger partial charge in [-0.1, -0.05) is 24.3 Å². The van der Waals surface area contributed by atoms with E-state index in [4.69, 9.17) is 10.8 Å². The molecule has 3 N–H and O–H groups in total. The molecule has 1 unspecified atom stereocenters. The Kier molecular flexibility index (Phi) is 4.69. The van der Waals surface area contributed by atoms with Crippen molar-refractivity contribution in [3.63, 3.8) is 0 Å². The Hall–Kier alpha value is -1.94. The van der Waals surface area contributed by atoms with E-state index in [1.165, 1.54) is 10.5 Å². The lowest BCUT2D eigenvalue weighted by Gasteiger charge is -2.08. The van der Waals surface area contributed by atoms with E-state index in [1.807, 2.05) is 48.5 Å². The maximum atomic E-state index is 10.9. The van der Waals surface area contributed by atoms with Gasteiger partial charge < -0.3 is 10.8 Å². The maximum Gasteiger partial charge on any atom is 0.310 e. The second kappa shape index (κ2) is 6.48. The van der Waals surface area contributed by atoms with Crippen LogP contribution in [-0.4, -0.2) is 11.1 Å². The maximum absolute atomic E-state index is 10.9. The van der Waals surface area contributed by atoms with Gasteiger partial charge in [0.15, 0.2) is 0 Å². The monoisotopic (exact) mass is 287 g/mol. The quantitative estimate of drug-likeness (QED) is 0.649. The molecule has 0 aliphatic rings. The highest BCUT2D eigenvalue weighted by atomic mass is 32.2. The van der Waals surface area contributed by atoms with E-state index in [0.717, 1.165) is 17.0 Å². The van der Waals surface area contributed by atoms with Gasteiger partial charge in [0.1, 0.15) is 0 Å². The van der Waals surface area contributed by atoms with Crippen LogP contribution in [0.25, 0.3) is 0 Å². The fourth-order valence-corrected chi connectivity index (χ4v) is 2.63. The Labute approximate surface area is 122 Å². The van der Waals surface area contributed by atoms with Crippen molar-refractivity contribution in [2.45, 2.75) is 23.5 Å². The first-order valence-corrected chi connectivity index (χ1v) is 7.35. The fourth-order valence-electron chi connectivity index (χ4n) is 1.78. The number of carboxylic acid groups (broad SMARTS) is 1. The van der Waals surface area contributed by atoms with E-state index in [-0.39, 0.29) is 0 Å². The molecule has 0 aliphatic heterocycles. The number of hydrogen-bond acceptors (Lipinski definition) is 3. The highest BCUT2D eigenvalue weighted by Crippen LogP contribution is 2.24. The van der Waals surface area contributed by atoms with Gasteiger partial charge in [0.2, 0.25) is 0 Å². The molecule has 20 heavy (non-hydrogen) atoms. The van der Waals surface area contributed by atoms with Crippen molar-refractivity contribution in [2.75, 3.05) is 5.73 Å². The summed E-state index contributed by atoms with van der Waals surface area (Å²) < 4.78 is 0. The van der Waals surface area contributed by atoms with Crippen LogP contribution < -0.4 is 5.73 Å². The van der Waals surface area contributed by atoms with Gasteiger partial charge in [0.25, 0.3) is 0 Å². The molecule has 0 amide bonds. The van der Waals surface area contributed by atoms with Gasteiger partial charge in [-0.3, -0.25) is 4.79 Å². The molecular formula is C16H17NO2S. The summed E-state index contributed by atoms with van der Waals surface area (Å²) in [6.45, 7) is 1.69. The van der Waals surface area contributed by atoms with Crippen LogP contribution in [0.15, 0.2) is 53.4 Å². The first-order valence-electron chi connectivity index (χ1n) is 6.36. The van der Waals surface area contributed by atoms with E-state index in [2.05, 4.69) is 0 Å². The number of hydrogen-bond donors (Lipinski definition) is 2. The van der Waals surface area contributed by atoms with E-state index in [0.29, 0.717) is 0 Å². The molecule has 1 atom stereocenters. The van der Waals surface area contributed by atoms with Gasteiger partial charge in [0.05, 0.1) is 5.92 Å². The molecular weight excluding hydrogens is 270 g/mol. The van der Waals surface area contributed by atoms with E-state index in [9.17, 15) is 4.79 Å². The van der Waals surface area contributed by atoms with E-state index < -0.39 is 11.9 Å². The third kappa shape index (κ3) is 3.78. The minimum Gasteiger partial charge on any atom is -0.481 e. The van der Waals surface area contributed by atoms with Crippen molar-refractivity contribution in [2.24, 2.45) is 0 Å². The lowest BCUT2D eigenvalue weighted by Crippen LogP contribution is -2.07. The summed E-state index contributed by atoms with van der Waals surface area (Å²) in [5.41, 5.74) is 8.42. The van der Waals surface area contributed by atoms with Crippen LogP contribution in [0.2, 0.25) is 0 Å². The summed E-state index contributed by atoms with van der Waals surface area (Å²) >= 11 is 1.73. The van der Waals surface area contributed by atoms with Crippen LogP contribution in [0, 0.1) is 0 Å². The molecule has 104 valence electrons. The first kappa shape index (κ1) is 14.5. The number of carbonyl (C=O) groups is 1. The molecule has 0 heterocycles. The first-order chi connectivity index (χ1) is 9.56. The van der Waals surface area contributed by atoms with Crippen molar-refractivity contribution < 1.29 is 9.90 Å². The molecule has 2 aromatic rings. The number of aliphatic carboxylic acids is 1. The fraction of sp³-hybridized carbons (Fsp3) is 0.188.